The van der Waals surface area contributed by atoms with Crippen LogP contribution in [0.2, 0.25) is 0 Å². The lowest BCUT2D eigenvalue weighted by molar-refractivity contribution is -0.129. The van der Waals surface area contributed by atoms with Gasteiger partial charge < -0.3 is 20.9 Å². The van der Waals surface area contributed by atoms with Gasteiger partial charge in [-0.05, 0) is 44.1 Å². The Morgan fingerprint density at radius 1 is 1.09 bits per heavy atom. The van der Waals surface area contributed by atoms with E-state index in [4.69, 9.17) is 0 Å². The molecule has 2 rings (SSSR count). The molecular weight excluding hydrogens is 462 g/mol. The molecule has 0 spiro atoms. The largest absolute Gasteiger partial charge is 0.354 e. The molecule has 9 heteroatoms. The highest BCUT2D eigenvalue weighted by Gasteiger charge is 2.27. The van der Waals surface area contributed by atoms with Crippen molar-refractivity contribution in [3.05, 3.63) is 28.8 Å². The summed E-state index contributed by atoms with van der Waals surface area (Å²) in [6.45, 7) is 10.5. The molecule has 4 atom stereocenters. The highest BCUT2D eigenvalue weighted by molar-refractivity contribution is 7.18. The summed E-state index contributed by atoms with van der Waals surface area (Å²) < 4.78 is 1.08. The minimum atomic E-state index is -0.742. The third-order valence-electron chi connectivity index (χ3n) is 6.22. The van der Waals surface area contributed by atoms with Gasteiger partial charge in [-0.15, -0.1) is 11.3 Å². The fraction of sp³-hybridized carbons (Fsp3) is 0.615. The van der Waals surface area contributed by atoms with Crippen LogP contribution >= 0.6 is 11.3 Å². The van der Waals surface area contributed by atoms with E-state index < -0.39 is 6.04 Å². The molecule has 0 saturated carbocycles. The lowest BCUT2D eigenvalue weighted by atomic mass is 9.98. The van der Waals surface area contributed by atoms with Crippen LogP contribution in [0.4, 0.5) is 0 Å². The van der Waals surface area contributed by atoms with Crippen LogP contribution < -0.4 is 16.0 Å². The van der Waals surface area contributed by atoms with Crippen LogP contribution in [0.25, 0.3) is 10.2 Å². The van der Waals surface area contributed by atoms with E-state index in [0.29, 0.717) is 19.5 Å². The molecule has 1 unspecified atom stereocenters. The Morgan fingerprint density at radius 2 is 1.80 bits per heavy atom. The predicted molar refractivity (Wildman–Crippen MR) is 142 cm³/mol. The zero-order valence-corrected chi connectivity index (χ0v) is 22.9. The second-order valence-electron chi connectivity index (χ2n) is 9.63. The van der Waals surface area contributed by atoms with Crippen molar-refractivity contribution in [2.45, 2.75) is 66.0 Å². The Balaban J connectivity index is 2.12. The molecule has 35 heavy (non-hydrogen) atoms. The van der Waals surface area contributed by atoms with Crippen LogP contribution in [-0.4, -0.2) is 66.9 Å². The Hall–Kier alpha value is -2.52. The number of nitrogens with one attached hydrogen (secondary N) is 3. The lowest BCUT2D eigenvalue weighted by Gasteiger charge is -2.28. The number of benzene rings is 1. The summed E-state index contributed by atoms with van der Waals surface area (Å²) in [5.74, 6) is -0.588. The number of fused-ring (bicyclic) bond motifs is 1. The topological polar surface area (TPSA) is 103 Å². The molecule has 0 bridgehead atoms. The maximum absolute atomic E-state index is 13.3. The number of hydrogen-bond acceptors (Lipinski definition) is 6. The summed E-state index contributed by atoms with van der Waals surface area (Å²) in [6, 6.07) is 5.20. The van der Waals surface area contributed by atoms with Crippen molar-refractivity contribution in [2.75, 3.05) is 27.2 Å². The molecule has 194 valence electrons. The molecule has 3 amide bonds. The van der Waals surface area contributed by atoms with E-state index in [1.54, 1.807) is 11.3 Å². The molecular formula is C26H41N5O3S. The molecule has 3 N–H and O–H groups in total. The van der Waals surface area contributed by atoms with Crippen LogP contribution in [0.15, 0.2) is 18.2 Å². The highest BCUT2D eigenvalue weighted by Crippen LogP contribution is 2.24. The molecule has 0 aliphatic carbocycles. The molecule has 1 aromatic heterocycles. The van der Waals surface area contributed by atoms with Crippen molar-refractivity contribution in [2.24, 2.45) is 11.8 Å². The van der Waals surface area contributed by atoms with Gasteiger partial charge in [-0.3, -0.25) is 14.4 Å². The van der Waals surface area contributed by atoms with Gasteiger partial charge in [-0.2, -0.15) is 0 Å². The summed E-state index contributed by atoms with van der Waals surface area (Å²) in [4.78, 5) is 44.3. The minimum Gasteiger partial charge on any atom is -0.354 e. The van der Waals surface area contributed by atoms with Crippen LogP contribution in [0, 0.1) is 11.8 Å². The summed E-state index contributed by atoms with van der Waals surface area (Å²) in [7, 11) is 3.87. The third kappa shape index (κ3) is 8.89. The Morgan fingerprint density at radius 3 is 2.40 bits per heavy atom. The number of hydrogen-bond donors (Lipinski definition) is 3. The maximum Gasteiger partial charge on any atom is 0.243 e. The summed E-state index contributed by atoms with van der Waals surface area (Å²) in [6.07, 6.45) is 2.10. The van der Waals surface area contributed by atoms with Crippen LogP contribution in [0.1, 0.15) is 51.6 Å². The molecule has 1 heterocycles. The first-order valence-electron chi connectivity index (χ1n) is 12.4. The Bertz CT molecular complexity index is 1010. The number of carbonyl (C=O) groups is 3. The van der Waals surface area contributed by atoms with Crippen molar-refractivity contribution in [3.63, 3.8) is 0 Å². The Labute approximate surface area is 213 Å². The SMILES string of the molecule is CCc1ccc2nc(C[C@H](NC(C)=O)C(=O)N[C@H](CNC(=O)C(C)CN(C)C)[C@@H](C)CC)sc2c1. The number of aromatic nitrogens is 1. The molecule has 0 fully saturated rings. The van der Waals surface area contributed by atoms with Gasteiger partial charge in [0.15, 0.2) is 0 Å². The average molecular weight is 504 g/mol. The average Bonchev–Trinajstić information content (AvgIpc) is 3.20. The van der Waals surface area contributed by atoms with Crippen molar-refractivity contribution >= 4 is 39.3 Å². The Kier molecular flexibility index (Phi) is 11.1. The molecule has 0 aliphatic rings. The van der Waals surface area contributed by atoms with Gasteiger partial charge in [-0.25, -0.2) is 4.98 Å². The second-order valence-corrected chi connectivity index (χ2v) is 10.7. The van der Waals surface area contributed by atoms with Crippen molar-refractivity contribution in [1.82, 2.24) is 25.8 Å². The fourth-order valence-corrected chi connectivity index (χ4v) is 5.01. The monoisotopic (exact) mass is 503 g/mol. The maximum atomic E-state index is 13.3. The molecule has 2 aromatic rings. The van der Waals surface area contributed by atoms with E-state index in [2.05, 4.69) is 46.9 Å². The van der Waals surface area contributed by atoms with Crippen molar-refractivity contribution in [1.29, 1.82) is 0 Å². The van der Waals surface area contributed by atoms with Crippen LogP contribution in [0.3, 0.4) is 0 Å². The number of aryl methyl sites for hydroxylation is 1. The van der Waals surface area contributed by atoms with Gasteiger partial charge in [-0.1, -0.05) is 40.2 Å². The predicted octanol–water partition coefficient (Wildman–Crippen LogP) is 2.75. The number of thiazole rings is 1. The fourth-order valence-electron chi connectivity index (χ4n) is 3.93. The van der Waals surface area contributed by atoms with E-state index in [1.165, 1.54) is 12.5 Å². The number of carbonyl (C=O) groups excluding carboxylic acids is 3. The third-order valence-corrected chi connectivity index (χ3v) is 7.26. The summed E-state index contributed by atoms with van der Waals surface area (Å²) in [5, 5.41) is 9.65. The smallest absolute Gasteiger partial charge is 0.243 e. The quantitative estimate of drug-likeness (QED) is 0.390. The first kappa shape index (κ1) is 28.7. The number of nitrogens with zero attached hydrogens (tertiary/aromatic N) is 2. The van der Waals surface area contributed by atoms with Gasteiger partial charge in [0.25, 0.3) is 0 Å². The lowest BCUT2D eigenvalue weighted by Crippen LogP contribution is -2.54. The van der Waals surface area contributed by atoms with Crippen LogP contribution in [0.5, 0.6) is 0 Å². The van der Waals surface area contributed by atoms with Crippen molar-refractivity contribution in [3.8, 4) is 0 Å². The van der Waals surface area contributed by atoms with Gasteiger partial charge in [0.05, 0.1) is 15.2 Å². The van der Waals surface area contributed by atoms with Gasteiger partial charge >= 0.3 is 0 Å². The molecule has 0 radical (unpaired) electrons. The molecule has 0 saturated heterocycles. The summed E-state index contributed by atoms with van der Waals surface area (Å²) >= 11 is 1.55. The van der Waals surface area contributed by atoms with Gasteiger partial charge in [0, 0.05) is 38.4 Å². The molecule has 8 nitrogen and oxygen atoms in total. The van der Waals surface area contributed by atoms with E-state index in [0.717, 1.165) is 28.1 Å². The standard InChI is InChI=1S/C26H41N5O3S/c1-8-16(3)22(14-27-25(33)17(4)15-31(6)7)30-26(34)21(28-18(5)32)13-24-29-20-11-10-19(9-2)12-23(20)35-24/h10-12,16-17,21-22H,8-9,13-15H2,1-7H3,(H,27,33)(H,28,32)(H,30,34)/t16-,17?,21-,22+/m0/s1. The van der Waals surface area contributed by atoms with Crippen LogP contribution in [-0.2, 0) is 27.2 Å². The zero-order chi connectivity index (χ0) is 26.1. The second kappa shape index (κ2) is 13.5. The number of rotatable bonds is 13. The van der Waals surface area contributed by atoms with E-state index in [1.807, 2.05) is 38.9 Å². The first-order valence-corrected chi connectivity index (χ1v) is 13.2. The van der Waals surface area contributed by atoms with E-state index >= 15 is 0 Å². The van der Waals surface area contributed by atoms with E-state index in [9.17, 15) is 14.4 Å². The normalized spacial score (nSPS) is 14.9. The highest BCUT2D eigenvalue weighted by atomic mass is 32.1. The first-order chi connectivity index (χ1) is 16.5. The van der Waals surface area contributed by atoms with E-state index in [-0.39, 0.29) is 35.6 Å². The summed E-state index contributed by atoms with van der Waals surface area (Å²) in [5.41, 5.74) is 2.14. The minimum absolute atomic E-state index is 0.0411. The van der Waals surface area contributed by atoms with Gasteiger partial charge in [0.2, 0.25) is 17.7 Å². The van der Waals surface area contributed by atoms with Crippen molar-refractivity contribution < 1.29 is 14.4 Å². The number of amides is 3. The van der Waals surface area contributed by atoms with Gasteiger partial charge in [0.1, 0.15) is 6.04 Å². The molecule has 1 aromatic carbocycles. The molecule has 0 aliphatic heterocycles. The zero-order valence-electron chi connectivity index (χ0n) is 22.1.